The first-order valence-corrected chi connectivity index (χ1v) is 6.88. The van der Waals surface area contributed by atoms with Crippen LogP contribution in [-0.4, -0.2) is 36.4 Å². The molecule has 0 saturated heterocycles. The van der Waals surface area contributed by atoms with Gasteiger partial charge in [-0.2, -0.15) is 0 Å². The van der Waals surface area contributed by atoms with Crippen molar-refractivity contribution in [2.24, 2.45) is 0 Å². The number of ether oxygens (including phenoxy) is 2. The smallest absolute Gasteiger partial charge is 0.337 e. The molecule has 0 saturated carbocycles. The van der Waals surface area contributed by atoms with Gasteiger partial charge in [-0.05, 0) is 24.3 Å². The second-order valence-corrected chi connectivity index (χ2v) is 4.85. The van der Waals surface area contributed by atoms with Gasteiger partial charge in [-0.15, -0.1) is 0 Å². The van der Waals surface area contributed by atoms with E-state index in [9.17, 15) is 9.59 Å². The molecule has 116 valence electrons. The summed E-state index contributed by atoms with van der Waals surface area (Å²) in [5.74, 6) is 0.606. The van der Waals surface area contributed by atoms with Crippen LogP contribution < -0.4 is 4.74 Å². The summed E-state index contributed by atoms with van der Waals surface area (Å²) in [6.07, 6.45) is 0.719. The van der Waals surface area contributed by atoms with Gasteiger partial charge in [-0.25, -0.2) is 9.78 Å². The van der Waals surface area contributed by atoms with Crippen molar-refractivity contribution in [3.05, 3.63) is 47.5 Å². The van der Waals surface area contributed by atoms with Gasteiger partial charge in [0.25, 0.3) is 0 Å². The Labute approximate surface area is 132 Å². The number of aromatic amines is 1. The van der Waals surface area contributed by atoms with Crippen molar-refractivity contribution in [3.8, 4) is 17.1 Å². The second-order valence-electron chi connectivity index (χ2n) is 4.85. The highest BCUT2D eigenvalue weighted by molar-refractivity contribution is 5.98. The summed E-state index contributed by atoms with van der Waals surface area (Å²) in [5, 5.41) is 0. The number of carbonyl (C=O) groups excluding carboxylic acids is 2. The Bertz CT molecular complexity index is 899. The number of imidazole rings is 1. The van der Waals surface area contributed by atoms with Gasteiger partial charge in [-0.3, -0.25) is 4.79 Å². The van der Waals surface area contributed by atoms with Crippen LogP contribution in [0.4, 0.5) is 0 Å². The largest absolute Gasteiger partial charge is 0.496 e. The van der Waals surface area contributed by atoms with Crippen LogP contribution in [0.1, 0.15) is 20.7 Å². The van der Waals surface area contributed by atoms with E-state index in [4.69, 9.17) is 9.47 Å². The Morgan fingerprint density at radius 1 is 1.22 bits per heavy atom. The predicted molar refractivity (Wildman–Crippen MR) is 84.8 cm³/mol. The molecular weight excluding hydrogens is 296 g/mol. The lowest BCUT2D eigenvalue weighted by Gasteiger charge is -2.02. The van der Waals surface area contributed by atoms with Crippen LogP contribution in [-0.2, 0) is 4.74 Å². The van der Waals surface area contributed by atoms with Crippen LogP contribution in [0.15, 0.2) is 36.4 Å². The molecule has 0 aliphatic carbocycles. The molecule has 0 atom stereocenters. The molecule has 2 aromatic carbocycles. The van der Waals surface area contributed by atoms with Crippen molar-refractivity contribution >= 4 is 23.3 Å². The van der Waals surface area contributed by atoms with E-state index in [0.717, 1.165) is 11.8 Å². The Morgan fingerprint density at radius 2 is 2.04 bits per heavy atom. The summed E-state index contributed by atoms with van der Waals surface area (Å²) in [5.41, 5.74) is 2.78. The van der Waals surface area contributed by atoms with Crippen molar-refractivity contribution in [2.45, 2.75) is 0 Å². The van der Waals surface area contributed by atoms with Crippen LogP contribution in [0, 0.1) is 0 Å². The number of carbonyl (C=O) groups is 2. The summed E-state index contributed by atoms with van der Waals surface area (Å²) in [7, 11) is 2.83. The van der Waals surface area contributed by atoms with Crippen molar-refractivity contribution < 1.29 is 19.1 Å². The lowest BCUT2D eigenvalue weighted by atomic mass is 10.1. The zero-order chi connectivity index (χ0) is 16.4. The maximum absolute atomic E-state index is 11.6. The number of aldehydes is 1. The molecule has 0 unspecified atom stereocenters. The lowest BCUT2D eigenvalue weighted by Crippen LogP contribution is -2.00. The number of H-pyrrole nitrogens is 1. The van der Waals surface area contributed by atoms with Crippen LogP contribution >= 0.6 is 0 Å². The third-order valence-corrected chi connectivity index (χ3v) is 3.55. The van der Waals surface area contributed by atoms with Crippen molar-refractivity contribution in [1.82, 2.24) is 9.97 Å². The topological polar surface area (TPSA) is 81.3 Å². The first kappa shape index (κ1) is 14.8. The van der Waals surface area contributed by atoms with E-state index in [1.54, 1.807) is 30.3 Å². The summed E-state index contributed by atoms with van der Waals surface area (Å²) in [6.45, 7) is 0. The summed E-state index contributed by atoms with van der Waals surface area (Å²) in [4.78, 5) is 30.6. The number of aromatic nitrogens is 2. The van der Waals surface area contributed by atoms with E-state index in [2.05, 4.69) is 9.97 Å². The maximum atomic E-state index is 11.6. The lowest BCUT2D eigenvalue weighted by molar-refractivity contribution is 0.0600. The molecule has 0 amide bonds. The molecule has 0 fully saturated rings. The standard InChI is InChI=1S/C17H14N2O4/c1-22-14-7-6-13-15(12(14)9-20)19-16(18-13)10-4-3-5-11(8-10)17(21)23-2/h3-9H,1-2H3,(H,18,19). The number of methoxy groups -OCH3 is 2. The SMILES string of the molecule is COC(=O)c1cccc(-c2nc3c(C=O)c(OC)ccc3[nH]2)c1. The second kappa shape index (κ2) is 5.92. The van der Waals surface area contributed by atoms with Gasteiger partial charge < -0.3 is 14.5 Å². The molecule has 1 heterocycles. The maximum Gasteiger partial charge on any atom is 0.337 e. The third kappa shape index (κ3) is 2.55. The molecule has 0 bridgehead atoms. The fourth-order valence-electron chi connectivity index (χ4n) is 2.42. The molecule has 6 heteroatoms. The highest BCUT2D eigenvalue weighted by Crippen LogP contribution is 2.28. The van der Waals surface area contributed by atoms with Crippen molar-refractivity contribution in [3.63, 3.8) is 0 Å². The van der Waals surface area contributed by atoms with Gasteiger partial charge >= 0.3 is 5.97 Å². The quantitative estimate of drug-likeness (QED) is 0.592. The first-order chi connectivity index (χ1) is 11.2. The molecule has 0 aliphatic rings. The number of rotatable bonds is 4. The Kier molecular flexibility index (Phi) is 3.80. The molecule has 0 spiro atoms. The molecule has 0 aliphatic heterocycles. The number of fused-ring (bicyclic) bond motifs is 1. The minimum absolute atomic E-state index is 0.386. The van der Waals surface area contributed by atoms with Crippen LogP contribution in [0.2, 0.25) is 0 Å². The summed E-state index contributed by atoms with van der Waals surface area (Å²) >= 11 is 0. The van der Waals surface area contributed by atoms with E-state index in [1.807, 2.05) is 6.07 Å². The highest BCUT2D eigenvalue weighted by atomic mass is 16.5. The zero-order valence-corrected chi connectivity index (χ0v) is 12.6. The van der Waals surface area contributed by atoms with Gasteiger partial charge in [0, 0.05) is 5.56 Å². The van der Waals surface area contributed by atoms with Crippen molar-refractivity contribution in [2.75, 3.05) is 14.2 Å². The number of esters is 1. The number of nitrogens with zero attached hydrogens (tertiary/aromatic N) is 1. The molecular formula is C17H14N2O4. The molecule has 1 aromatic heterocycles. The third-order valence-electron chi connectivity index (χ3n) is 3.55. The fraction of sp³-hybridized carbons (Fsp3) is 0.118. The molecule has 3 rings (SSSR count). The molecule has 0 radical (unpaired) electrons. The average molecular weight is 310 g/mol. The average Bonchev–Trinajstić information content (AvgIpc) is 3.04. The molecule has 23 heavy (non-hydrogen) atoms. The number of nitrogens with one attached hydrogen (secondary N) is 1. The number of hydrogen-bond acceptors (Lipinski definition) is 5. The van der Waals surface area contributed by atoms with Gasteiger partial charge in [0.05, 0.1) is 30.9 Å². The van der Waals surface area contributed by atoms with E-state index >= 15 is 0 Å². The fourth-order valence-corrected chi connectivity index (χ4v) is 2.42. The Hall–Kier alpha value is -3.15. The number of hydrogen-bond donors (Lipinski definition) is 1. The Balaban J connectivity index is 2.14. The van der Waals surface area contributed by atoms with E-state index in [-0.39, 0.29) is 0 Å². The summed E-state index contributed by atoms with van der Waals surface area (Å²) in [6, 6.07) is 10.4. The minimum atomic E-state index is -0.418. The molecule has 3 aromatic rings. The zero-order valence-electron chi connectivity index (χ0n) is 12.6. The van der Waals surface area contributed by atoms with Gasteiger partial charge in [0.2, 0.25) is 0 Å². The van der Waals surface area contributed by atoms with E-state index < -0.39 is 5.97 Å². The van der Waals surface area contributed by atoms with Crippen LogP contribution in [0.25, 0.3) is 22.4 Å². The van der Waals surface area contributed by atoms with E-state index in [0.29, 0.717) is 33.7 Å². The van der Waals surface area contributed by atoms with Crippen LogP contribution in [0.3, 0.4) is 0 Å². The molecule has 1 N–H and O–H groups in total. The van der Waals surface area contributed by atoms with E-state index in [1.165, 1.54) is 14.2 Å². The van der Waals surface area contributed by atoms with Crippen LogP contribution in [0.5, 0.6) is 5.75 Å². The highest BCUT2D eigenvalue weighted by Gasteiger charge is 2.14. The normalized spacial score (nSPS) is 10.5. The Morgan fingerprint density at radius 3 is 2.74 bits per heavy atom. The van der Waals surface area contributed by atoms with Gasteiger partial charge in [0.15, 0.2) is 6.29 Å². The van der Waals surface area contributed by atoms with Crippen molar-refractivity contribution in [1.29, 1.82) is 0 Å². The first-order valence-electron chi connectivity index (χ1n) is 6.88. The monoisotopic (exact) mass is 310 g/mol. The summed E-state index contributed by atoms with van der Waals surface area (Å²) < 4.78 is 9.90. The number of benzene rings is 2. The van der Waals surface area contributed by atoms with Gasteiger partial charge in [0.1, 0.15) is 17.1 Å². The minimum Gasteiger partial charge on any atom is -0.496 e. The predicted octanol–water partition coefficient (Wildman–Crippen LogP) is 2.84. The van der Waals surface area contributed by atoms with Gasteiger partial charge in [-0.1, -0.05) is 12.1 Å². The molecule has 6 nitrogen and oxygen atoms in total.